The second-order valence-corrected chi connectivity index (χ2v) is 1.02. The first-order chi connectivity index (χ1) is 4.81. The third-order valence-corrected chi connectivity index (χ3v) is 0.512. The number of ether oxygens (including phenoxy) is 1. The first-order valence-corrected chi connectivity index (χ1v) is 2.34. The Bertz CT molecular complexity index is 122. The van der Waals surface area contributed by atoms with E-state index in [0.717, 1.165) is 12.2 Å². The number of hydrazine groups is 1. The Morgan fingerprint density at radius 2 is 2.00 bits per heavy atom. The Morgan fingerprint density at radius 1 is 1.50 bits per heavy atom. The monoisotopic (exact) mass is 146 g/mol. The largest absolute Gasteiger partial charge is 0.466 e. The number of esters is 1. The highest BCUT2D eigenvalue weighted by molar-refractivity contribution is 5.86. The summed E-state index contributed by atoms with van der Waals surface area (Å²) in [5.74, 6) is 7.48. The van der Waals surface area contributed by atoms with Crippen molar-refractivity contribution in [2.24, 2.45) is 11.7 Å². The van der Waals surface area contributed by atoms with E-state index in [9.17, 15) is 9.59 Å². The molecule has 4 N–H and O–H groups in total. The van der Waals surface area contributed by atoms with Gasteiger partial charge in [-0.25, -0.2) is 4.79 Å². The molecule has 0 saturated carbocycles. The number of carbonyl (C=O) groups excluding carboxylic acids is 2. The minimum Gasteiger partial charge on any atom is -0.466 e. The smallest absolute Gasteiger partial charge is 0.330 e. The zero-order chi connectivity index (χ0) is 8.41. The van der Waals surface area contributed by atoms with Crippen molar-refractivity contribution in [2.75, 3.05) is 7.11 Å². The lowest BCUT2D eigenvalue weighted by atomic mass is 10.5. The second-order valence-electron chi connectivity index (χ2n) is 1.02. The third-order valence-electron chi connectivity index (χ3n) is 0.512. The number of rotatable bonds is 2. The Balaban J connectivity index is 0. The molecule has 0 saturated heterocycles. The molecule has 0 aliphatic rings. The Hall–Kier alpha value is -1.20. The van der Waals surface area contributed by atoms with Crippen LogP contribution in [-0.4, -0.2) is 19.4 Å². The van der Waals surface area contributed by atoms with Crippen molar-refractivity contribution in [3.63, 3.8) is 0 Å². The number of hydrogen-bond acceptors (Lipinski definition) is 5. The van der Waals surface area contributed by atoms with Gasteiger partial charge < -0.3 is 4.74 Å². The number of aldehydes is 1. The van der Waals surface area contributed by atoms with Crippen LogP contribution < -0.4 is 11.7 Å². The van der Waals surface area contributed by atoms with Gasteiger partial charge in [0.15, 0.2) is 0 Å². The van der Waals surface area contributed by atoms with E-state index >= 15 is 0 Å². The Kier molecular flexibility index (Phi) is 12.4. The van der Waals surface area contributed by atoms with Gasteiger partial charge in [-0.1, -0.05) is 0 Å². The molecule has 10 heavy (non-hydrogen) atoms. The van der Waals surface area contributed by atoms with Crippen LogP contribution in [0.5, 0.6) is 0 Å². The maximum atomic E-state index is 10.1. The number of allylic oxidation sites excluding steroid dienone is 1. The minimum atomic E-state index is -0.517. The van der Waals surface area contributed by atoms with Crippen LogP contribution >= 0.6 is 0 Å². The van der Waals surface area contributed by atoms with E-state index in [4.69, 9.17) is 0 Å². The topological polar surface area (TPSA) is 95.4 Å². The van der Waals surface area contributed by atoms with Crippen LogP contribution in [0.2, 0.25) is 0 Å². The van der Waals surface area contributed by atoms with Gasteiger partial charge in [-0.15, -0.1) is 0 Å². The molecule has 0 fully saturated rings. The van der Waals surface area contributed by atoms with Crippen LogP contribution in [0.4, 0.5) is 0 Å². The minimum absolute atomic E-state index is 0.511. The molecule has 0 unspecified atom stereocenters. The highest BCUT2D eigenvalue weighted by atomic mass is 16.5. The van der Waals surface area contributed by atoms with E-state index in [2.05, 4.69) is 16.4 Å². The highest BCUT2D eigenvalue weighted by Crippen LogP contribution is 1.72. The van der Waals surface area contributed by atoms with Gasteiger partial charge in [0.25, 0.3) is 0 Å². The van der Waals surface area contributed by atoms with Crippen molar-refractivity contribution in [2.45, 2.75) is 0 Å². The molecule has 0 aliphatic heterocycles. The fraction of sp³-hybridized carbons (Fsp3) is 0.200. The fourth-order valence-electron chi connectivity index (χ4n) is 0.186. The molecule has 0 aromatic carbocycles. The Morgan fingerprint density at radius 3 is 2.30 bits per heavy atom. The summed E-state index contributed by atoms with van der Waals surface area (Å²) in [7, 11) is 1.25. The highest BCUT2D eigenvalue weighted by Gasteiger charge is 1.85. The second kappa shape index (κ2) is 10.7. The molecular formula is C5H10N2O3. The van der Waals surface area contributed by atoms with E-state index in [0.29, 0.717) is 6.29 Å². The predicted molar refractivity (Wildman–Crippen MR) is 35.6 cm³/mol. The number of nitrogens with two attached hydrogens (primary N) is 2. The van der Waals surface area contributed by atoms with E-state index in [-0.39, 0.29) is 0 Å². The maximum Gasteiger partial charge on any atom is 0.330 e. The van der Waals surface area contributed by atoms with Crippen LogP contribution in [-0.2, 0) is 14.3 Å². The molecule has 5 heteroatoms. The van der Waals surface area contributed by atoms with Gasteiger partial charge in [0.05, 0.1) is 7.11 Å². The normalized spacial score (nSPS) is 7.90. The summed E-state index contributed by atoms with van der Waals surface area (Å²) in [4.78, 5) is 19.6. The molecule has 0 aromatic rings. The van der Waals surface area contributed by atoms with Crippen LogP contribution in [0.1, 0.15) is 0 Å². The summed E-state index contributed by atoms with van der Waals surface area (Å²) in [6, 6.07) is 0. The molecule has 0 radical (unpaired) electrons. The molecule has 5 nitrogen and oxygen atoms in total. The molecule has 58 valence electrons. The van der Waals surface area contributed by atoms with Gasteiger partial charge in [0.2, 0.25) is 0 Å². The van der Waals surface area contributed by atoms with Crippen molar-refractivity contribution in [3.8, 4) is 0 Å². The van der Waals surface area contributed by atoms with Crippen molar-refractivity contribution >= 4 is 12.3 Å². The van der Waals surface area contributed by atoms with Crippen LogP contribution in [0.15, 0.2) is 12.2 Å². The molecule has 0 aliphatic carbocycles. The zero-order valence-corrected chi connectivity index (χ0v) is 5.61. The van der Waals surface area contributed by atoms with Crippen LogP contribution in [0.3, 0.4) is 0 Å². The average Bonchev–Trinajstić information content (AvgIpc) is 2.04. The molecule has 0 heterocycles. The van der Waals surface area contributed by atoms with Crippen LogP contribution in [0.25, 0.3) is 0 Å². The molecule has 0 amide bonds. The van der Waals surface area contributed by atoms with Crippen molar-refractivity contribution < 1.29 is 14.3 Å². The summed E-state index contributed by atoms with van der Waals surface area (Å²) in [6.07, 6.45) is 2.63. The van der Waals surface area contributed by atoms with Crippen molar-refractivity contribution in [1.29, 1.82) is 0 Å². The van der Waals surface area contributed by atoms with E-state index in [1.54, 1.807) is 0 Å². The number of carbonyl (C=O) groups is 2. The summed E-state index contributed by atoms with van der Waals surface area (Å²) >= 11 is 0. The van der Waals surface area contributed by atoms with E-state index in [1.165, 1.54) is 7.11 Å². The fourth-order valence-corrected chi connectivity index (χ4v) is 0.186. The van der Waals surface area contributed by atoms with Crippen molar-refractivity contribution in [1.82, 2.24) is 0 Å². The third kappa shape index (κ3) is 9.93. The van der Waals surface area contributed by atoms with Gasteiger partial charge in [0, 0.05) is 6.08 Å². The molecule has 0 aromatic heterocycles. The van der Waals surface area contributed by atoms with Gasteiger partial charge in [-0.2, -0.15) is 0 Å². The lowest BCUT2D eigenvalue weighted by molar-refractivity contribution is -0.135. The van der Waals surface area contributed by atoms with E-state index in [1.807, 2.05) is 0 Å². The van der Waals surface area contributed by atoms with Gasteiger partial charge in [-0.3, -0.25) is 16.5 Å². The molecule has 0 rings (SSSR count). The summed E-state index contributed by atoms with van der Waals surface area (Å²) in [6.45, 7) is 0. The SMILES string of the molecule is COC(=O)/C=C/C=O.NN. The molecule has 0 spiro atoms. The number of methoxy groups -OCH3 is 1. The van der Waals surface area contributed by atoms with Crippen molar-refractivity contribution in [3.05, 3.63) is 12.2 Å². The molecule has 0 atom stereocenters. The van der Waals surface area contributed by atoms with Gasteiger partial charge in [0.1, 0.15) is 6.29 Å². The standard InChI is InChI=1S/C5H6O3.H4N2/c1-8-5(7)3-2-4-6;1-2/h2-4H,1H3;1-2H2/b3-2+;. The maximum absolute atomic E-state index is 10.1. The lowest BCUT2D eigenvalue weighted by Crippen LogP contribution is -2.02. The average molecular weight is 146 g/mol. The number of hydrogen-bond donors (Lipinski definition) is 2. The molecule has 0 bridgehead atoms. The zero-order valence-electron chi connectivity index (χ0n) is 5.61. The van der Waals surface area contributed by atoms with E-state index < -0.39 is 5.97 Å². The summed E-state index contributed by atoms with van der Waals surface area (Å²) in [5.41, 5.74) is 0. The Labute approximate surface area is 58.6 Å². The lowest BCUT2D eigenvalue weighted by Gasteiger charge is -1.84. The molecular weight excluding hydrogens is 136 g/mol. The first-order valence-electron chi connectivity index (χ1n) is 2.34. The predicted octanol–water partition coefficient (Wildman–Crippen LogP) is -1.27. The van der Waals surface area contributed by atoms with Gasteiger partial charge >= 0.3 is 5.97 Å². The van der Waals surface area contributed by atoms with Crippen LogP contribution in [0, 0.1) is 0 Å². The first kappa shape index (κ1) is 11.6. The van der Waals surface area contributed by atoms with Gasteiger partial charge in [-0.05, 0) is 6.08 Å². The summed E-state index contributed by atoms with van der Waals surface area (Å²) in [5, 5.41) is 0. The quantitative estimate of drug-likeness (QED) is 0.166. The summed E-state index contributed by atoms with van der Waals surface area (Å²) < 4.78 is 4.17.